The van der Waals surface area contributed by atoms with Crippen LogP contribution in [0.5, 0.6) is 11.5 Å². The van der Waals surface area contributed by atoms with Crippen LogP contribution in [0.15, 0.2) is 42.2 Å². The number of rotatable bonds is 4. The summed E-state index contributed by atoms with van der Waals surface area (Å²) in [4.78, 5) is 14.9. The minimum atomic E-state index is -1.03. The molecule has 1 unspecified atom stereocenters. The van der Waals surface area contributed by atoms with Crippen LogP contribution in [0.1, 0.15) is 34.3 Å². The molecule has 140 valence electrons. The number of nitrogens with zero attached hydrogens (tertiary/aromatic N) is 1. The second-order valence-corrected chi connectivity index (χ2v) is 6.79. The van der Waals surface area contributed by atoms with Crippen molar-refractivity contribution in [1.82, 2.24) is 4.90 Å². The fourth-order valence-electron chi connectivity index (χ4n) is 3.53. The second kappa shape index (κ2) is 7.13. The molecule has 0 aromatic heterocycles. The number of likely N-dealkylation sites (tertiary alicyclic amines) is 1. The number of carbonyl (C=O) groups is 1. The Balaban J connectivity index is 1.66. The summed E-state index contributed by atoms with van der Waals surface area (Å²) < 4.78 is 5.82. The van der Waals surface area contributed by atoms with Gasteiger partial charge in [0, 0.05) is 18.7 Å². The summed E-state index contributed by atoms with van der Waals surface area (Å²) in [5.41, 5.74) is 1.74. The van der Waals surface area contributed by atoms with Crippen LogP contribution in [-0.4, -0.2) is 34.1 Å². The highest BCUT2D eigenvalue weighted by atomic mass is 16.8. The third-order valence-corrected chi connectivity index (χ3v) is 4.93. The van der Waals surface area contributed by atoms with Crippen LogP contribution in [0.3, 0.4) is 0 Å². The van der Waals surface area contributed by atoms with Crippen molar-refractivity contribution in [1.29, 1.82) is 0 Å². The van der Waals surface area contributed by atoms with Gasteiger partial charge in [-0.3, -0.25) is 9.69 Å². The first-order chi connectivity index (χ1) is 13.0. The number of phenolic OH excluding ortho intramolecular Hbond substituents is 1. The van der Waals surface area contributed by atoms with Crippen molar-refractivity contribution in [3.63, 3.8) is 0 Å². The van der Waals surface area contributed by atoms with Gasteiger partial charge in [0.25, 0.3) is 0 Å². The number of Topliss-reactive ketones (excluding diaryl/α,β-unsaturated/α-hetero) is 1. The quantitative estimate of drug-likeness (QED) is 0.564. The summed E-state index contributed by atoms with van der Waals surface area (Å²) in [6.45, 7) is 2.45. The minimum absolute atomic E-state index is 0.113. The maximum absolute atomic E-state index is 12.7. The van der Waals surface area contributed by atoms with Crippen molar-refractivity contribution in [2.75, 3.05) is 13.1 Å². The average Bonchev–Trinajstić information content (AvgIpc) is 3.27. The van der Waals surface area contributed by atoms with Crippen LogP contribution in [-0.2, 0) is 6.54 Å². The molecule has 2 aliphatic heterocycles. The van der Waals surface area contributed by atoms with E-state index in [4.69, 9.17) is 9.94 Å². The van der Waals surface area contributed by atoms with E-state index in [1.165, 1.54) is 24.3 Å². The van der Waals surface area contributed by atoms with E-state index in [1.54, 1.807) is 18.2 Å². The Morgan fingerprint density at radius 3 is 2.74 bits per heavy atom. The van der Waals surface area contributed by atoms with Crippen molar-refractivity contribution >= 4 is 17.5 Å². The molecule has 0 aliphatic carbocycles. The van der Waals surface area contributed by atoms with Gasteiger partial charge in [-0.15, -0.1) is 0 Å². The molecule has 0 bridgehead atoms. The van der Waals surface area contributed by atoms with Gasteiger partial charge in [0.05, 0.1) is 11.1 Å². The molecule has 0 spiro atoms. The molecule has 0 saturated carbocycles. The van der Waals surface area contributed by atoms with Gasteiger partial charge >= 0.3 is 0 Å². The van der Waals surface area contributed by atoms with Crippen molar-refractivity contribution in [2.24, 2.45) is 0 Å². The minimum Gasteiger partial charge on any atom is -0.595 e. The zero-order chi connectivity index (χ0) is 19.0. The second-order valence-electron chi connectivity index (χ2n) is 6.79. The third kappa shape index (κ3) is 3.45. The summed E-state index contributed by atoms with van der Waals surface area (Å²) in [6, 6.07) is 9.39. The largest absolute Gasteiger partial charge is 0.595 e. The number of allylic oxidation sites excluding steroid dienone is 1. The van der Waals surface area contributed by atoms with E-state index in [-0.39, 0.29) is 23.0 Å². The van der Waals surface area contributed by atoms with Crippen molar-refractivity contribution in [3.8, 4) is 11.5 Å². The summed E-state index contributed by atoms with van der Waals surface area (Å²) in [5, 5.41) is 29.5. The van der Waals surface area contributed by atoms with Gasteiger partial charge in [-0.1, -0.05) is 12.1 Å². The number of aromatic hydroxyl groups is 1. The Kier molecular flexibility index (Phi) is 4.67. The molecule has 0 radical (unpaired) electrons. The van der Waals surface area contributed by atoms with E-state index in [0.29, 0.717) is 29.0 Å². The lowest BCUT2D eigenvalue weighted by Gasteiger charge is -2.17. The normalized spacial score (nSPS) is 19.3. The topological polar surface area (TPSA) is 97.5 Å². The summed E-state index contributed by atoms with van der Waals surface area (Å²) in [7, 11) is 0. The van der Waals surface area contributed by atoms with E-state index in [0.717, 1.165) is 25.9 Å². The number of ketones is 1. The van der Waals surface area contributed by atoms with Crippen LogP contribution in [0.4, 0.5) is 5.69 Å². The van der Waals surface area contributed by atoms with Crippen LogP contribution in [0, 0.1) is 5.21 Å². The number of hydrogen-bond donors (Lipinski definition) is 3. The number of fused-ring (bicyclic) bond motifs is 1. The molecule has 7 nitrogen and oxygen atoms in total. The molecule has 7 heteroatoms. The van der Waals surface area contributed by atoms with Gasteiger partial charge in [0.15, 0.2) is 11.4 Å². The molecule has 2 aromatic rings. The lowest BCUT2D eigenvalue weighted by Crippen LogP contribution is -2.99. The number of carbonyl (C=O) groups excluding carboxylic acids is 1. The van der Waals surface area contributed by atoms with Gasteiger partial charge in [-0.2, -0.15) is 5.23 Å². The lowest BCUT2D eigenvalue weighted by atomic mass is 10.0. The van der Waals surface area contributed by atoms with Gasteiger partial charge in [0.2, 0.25) is 5.78 Å². The fraction of sp³-hybridized carbons (Fsp3) is 0.250. The molecule has 1 saturated heterocycles. The molecule has 2 aromatic carbocycles. The van der Waals surface area contributed by atoms with E-state index in [1.807, 2.05) is 0 Å². The van der Waals surface area contributed by atoms with Gasteiger partial charge in [-0.25, -0.2) is 5.21 Å². The molecular formula is C20H20N2O5. The Labute approximate surface area is 156 Å². The van der Waals surface area contributed by atoms with Crippen LogP contribution < -0.4 is 9.96 Å². The maximum atomic E-state index is 12.7. The molecular weight excluding hydrogens is 348 g/mol. The zero-order valence-corrected chi connectivity index (χ0v) is 14.6. The summed E-state index contributed by atoms with van der Waals surface area (Å²) in [5.74, 6) is 0.365. The van der Waals surface area contributed by atoms with Crippen molar-refractivity contribution < 1.29 is 25.1 Å². The first-order valence-electron chi connectivity index (χ1n) is 8.88. The molecule has 4 rings (SSSR count). The Morgan fingerprint density at radius 1 is 1.22 bits per heavy atom. The Morgan fingerprint density at radius 2 is 2.00 bits per heavy atom. The van der Waals surface area contributed by atoms with Crippen LogP contribution in [0.25, 0.3) is 6.08 Å². The molecule has 0 amide bonds. The highest BCUT2D eigenvalue weighted by Gasteiger charge is 2.32. The number of nitrogens with one attached hydrogen (secondary N) is 1. The van der Waals surface area contributed by atoms with E-state index < -0.39 is 5.23 Å². The number of hydrogen-bond acceptors (Lipinski definition) is 6. The zero-order valence-electron chi connectivity index (χ0n) is 14.6. The molecule has 2 aliphatic rings. The van der Waals surface area contributed by atoms with Gasteiger partial charge in [-0.05, 0) is 49.7 Å². The molecule has 27 heavy (non-hydrogen) atoms. The standard InChI is InChI=1S/C20H20N2O5/c23-17-7-6-15-19(24)18(11-13-4-3-5-14(10-13)22(25)26)27-20(15)16(17)12-21-8-1-2-9-21/h3-7,10-11,22-23,25H,1-2,8-9,12H2. The number of phenols is 1. The summed E-state index contributed by atoms with van der Waals surface area (Å²) >= 11 is 0. The predicted octanol–water partition coefficient (Wildman–Crippen LogP) is 2.01. The number of quaternary nitrogens is 1. The Bertz CT molecular complexity index is 917. The highest BCUT2D eigenvalue weighted by molar-refractivity contribution is 6.15. The fourth-order valence-corrected chi connectivity index (χ4v) is 3.53. The third-order valence-electron chi connectivity index (χ3n) is 4.93. The first-order valence-corrected chi connectivity index (χ1v) is 8.88. The highest BCUT2D eigenvalue weighted by Crippen LogP contribution is 2.40. The SMILES string of the molecule is O=C1C(=Cc2cccc([NH+]([O-])O)c2)Oc2c1ccc(O)c2CN1CCCC1. The maximum Gasteiger partial charge on any atom is 0.231 e. The van der Waals surface area contributed by atoms with Crippen LogP contribution in [0.2, 0.25) is 0 Å². The van der Waals surface area contributed by atoms with Crippen molar-refractivity contribution in [2.45, 2.75) is 19.4 Å². The van der Waals surface area contributed by atoms with Crippen molar-refractivity contribution in [3.05, 3.63) is 64.1 Å². The molecule has 1 fully saturated rings. The molecule has 1 atom stereocenters. The smallest absolute Gasteiger partial charge is 0.231 e. The molecule has 3 N–H and O–H groups in total. The van der Waals surface area contributed by atoms with E-state index >= 15 is 0 Å². The lowest BCUT2D eigenvalue weighted by molar-refractivity contribution is -0.991. The number of benzene rings is 2. The first kappa shape index (κ1) is 17.7. The predicted molar refractivity (Wildman–Crippen MR) is 97.8 cm³/mol. The average molecular weight is 368 g/mol. The van der Waals surface area contributed by atoms with E-state index in [2.05, 4.69) is 4.90 Å². The monoisotopic (exact) mass is 368 g/mol. The van der Waals surface area contributed by atoms with Gasteiger partial charge < -0.3 is 15.1 Å². The van der Waals surface area contributed by atoms with Gasteiger partial charge in [0.1, 0.15) is 11.5 Å². The Hall–Kier alpha value is -2.71. The summed E-state index contributed by atoms with van der Waals surface area (Å²) in [6.07, 6.45) is 3.78. The van der Waals surface area contributed by atoms with Crippen LogP contribution >= 0.6 is 0 Å². The number of ether oxygens (including phenoxy) is 1. The van der Waals surface area contributed by atoms with E-state index in [9.17, 15) is 15.1 Å². The molecule has 2 heterocycles.